The molecule has 4 nitrogen and oxygen atoms in total. The SMILES string of the molecule is COC(=O)CCc1ccc(SCc2cccc(C=N)c2Nc2ccc(C(F)(F)F)cc2)cc1C. The van der Waals surface area contributed by atoms with Crippen LogP contribution in [0.3, 0.4) is 0 Å². The summed E-state index contributed by atoms with van der Waals surface area (Å²) in [7, 11) is 1.38. The summed E-state index contributed by atoms with van der Waals surface area (Å²) in [4.78, 5) is 12.5. The van der Waals surface area contributed by atoms with Crippen LogP contribution in [-0.4, -0.2) is 19.3 Å². The van der Waals surface area contributed by atoms with E-state index in [0.29, 0.717) is 35.5 Å². The van der Waals surface area contributed by atoms with Gasteiger partial charge in [0.25, 0.3) is 0 Å². The van der Waals surface area contributed by atoms with E-state index >= 15 is 0 Å². The third-order valence-electron chi connectivity index (χ3n) is 5.35. The highest BCUT2D eigenvalue weighted by Crippen LogP contribution is 2.33. The van der Waals surface area contributed by atoms with E-state index in [0.717, 1.165) is 33.7 Å². The molecule has 34 heavy (non-hydrogen) atoms. The van der Waals surface area contributed by atoms with Crippen molar-refractivity contribution >= 4 is 35.3 Å². The van der Waals surface area contributed by atoms with Crippen LogP contribution < -0.4 is 5.32 Å². The highest BCUT2D eigenvalue weighted by atomic mass is 32.2. The van der Waals surface area contributed by atoms with E-state index < -0.39 is 11.7 Å². The number of alkyl halides is 3. The molecule has 0 amide bonds. The van der Waals surface area contributed by atoms with Crippen molar-refractivity contribution in [3.8, 4) is 0 Å². The fourth-order valence-electron chi connectivity index (χ4n) is 3.44. The van der Waals surface area contributed by atoms with Gasteiger partial charge in [-0.05, 0) is 66.4 Å². The van der Waals surface area contributed by atoms with Gasteiger partial charge in [0, 0.05) is 34.5 Å². The predicted molar refractivity (Wildman–Crippen MR) is 130 cm³/mol. The Labute approximate surface area is 201 Å². The number of halogens is 3. The molecule has 8 heteroatoms. The van der Waals surface area contributed by atoms with E-state index in [1.807, 2.05) is 31.2 Å². The minimum atomic E-state index is -4.39. The highest BCUT2D eigenvalue weighted by Gasteiger charge is 2.30. The molecule has 0 unspecified atom stereocenters. The lowest BCUT2D eigenvalue weighted by Crippen LogP contribution is -2.05. The molecule has 2 N–H and O–H groups in total. The number of hydrogen-bond acceptors (Lipinski definition) is 5. The first-order valence-corrected chi connectivity index (χ1v) is 11.6. The van der Waals surface area contributed by atoms with Crippen LogP contribution in [-0.2, 0) is 27.9 Å². The number of hydrogen-bond donors (Lipinski definition) is 2. The third-order valence-corrected chi connectivity index (χ3v) is 6.40. The molecule has 0 spiro atoms. The molecule has 0 bridgehead atoms. The van der Waals surface area contributed by atoms with E-state index in [4.69, 9.17) is 10.1 Å². The molecule has 0 aliphatic heterocycles. The summed E-state index contributed by atoms with van der Waals surface area (Å²) in [5.74, 6) is 0.364. The van der Waals surface area contributed by atoms with Crippen molar-refractivity contribution in [1.29, 1.82) is 5.41 Å². The van der Waals surface area contributed by atoms with E-state index in [2.05, 4.69) is 11.4 Å². The highest BCUT2D eigenvalue weighted by molar-refractivity contribution is 7.98. The maximum atomic E-state index is 12.9. The van der Waals surface area contributed by atoms with Crippen molar-refractivity contribution in [2.24, 2.45) is 0 Å². The monoisotopic (exact) mass is 486 g/mol. The molecular weight excluding hydrogens is 461 g/mol. The lowest BCUT2D eigenvalue weighted by molar-refractivity contribution is -0.140. The quantitative estimate of drug-likeness (QED) is 0.191. The number of thioether (sulfide) groups is 1. The zero-order valence-corrected chi connectivity index (χ0v) is 19.6. The van der Waals surface area contributed by atoms with Gasteiger partial charge < -0.3 is 15.5 Å². The molecule has 0 heterocycles. The number of methoxy groups -OCH3 is 1. The summed E-state index contributed by atoms with van der Waals surface area (Å²) < 4.78 is 43.3. The van der Waals surface area contributed by atoms with Gasteiger partial charge >= 0.3 is 12.1 Å². The second-order valence-electron chi connectivity index (χ2n) is 7.68. The molecule has 0 fully saturated rings. The van der Waals surface area contributed by atoms with Crippen molar-refractivity contribution in [3.63, 3.8) is 0 Å². The van der Waals surface area contributed by atoms with Crippen LogP contribution in [0.4, 0.5) is 24.5 Å². The fourth-order valence-corrected chi connectivity index (χ4v) is 4.43. The van der Waals surface area contributed by atoms with E-state index in [9.17, 15) is 18.0 Å². The lowest BCUT2D eigenvalue weighted by atomic mass is 10.0. The van der Waals surface area contributed by atoms with Gasteiger partial charge in [-0.1, -0.05) is 24.3 Å². The summed E-state index contributed by atoms with van der Waals surface area (Å²) in [6, 6.07) is 16.5. The number of nitrogens with one attached hydrogen (secondary N) is 2. The molecule has 0 saturated carbocycles. The van der Waals surface area contributed by atoms with Gasteiger partial charge in [0.05, 0.1) is 18.4 Å². The van der Waals surface area contributed by atoms with Crippen LogP contribution in [0.2, 0.25) is 0 Å². The fraction of sp³-hybridized carbons (Fsp3) is 0.231. The van der Waals surface area contributed by atoms with Crippen LogP contribution in [0.5, 0.6) is 0 Å². The Balaban J connectivity index is 1.75. The maximum absolute atomic E-state index is 12.9. The second kappa shape index (κ2) is 11.2. The molecule has 0 aliphatic rings. The minimum absolute atomic E-state index is 0.239. The number of anilines is 2. The molecule has 0 aromatic heterocycles. The van der Waals surface area contributed by atoms with Gasteiger partial charge in [0.2, 0.25) is 0 Å². The zero-order chi connectivity index (χ0) is 24.7. The molecule has 3 aromatic carbocycles. The van der Waals surface area contributed by atoms with Crippen LogP contribution in [0.1, 0.15) is 34.2 Å². The van der Waals surface area contributed by atoms with Crippen LogP contribution in [0, 0.1) is 12.3 Å². The van der Waals surface area contributed by atoms with Gasteiger partial charge in [0.15, 0.2) is 0 Å². The van der Waals surface area contributed by atoms with Gasteiger partial charge in [0.1, 0.15) is 0 Å². The molecule has 178 valence electrons. The van der Waals surface area contributed by atoms with Gasteiger partial charge in [-0.2, -0.15) is 13.2 Å². The van der Waals surface area contributed by atoms with Gasteiger partial charge in [-0.15, -0.1) is 11.8 Å². The number of ether oxygens (including phenoxy) is 1. The number of carbonyl (C=O) groups is 1. The molecule has 0 aliphatic carbocycles. The summed E-state index contributed by atoms with van der Waals surface area (Å²) in [5, 5.41) is 10.9. The van der Waals surface area contributed by atoms with Crippen LogP contribution in [0.15, 0.2) is 65.6 Å². The first-order valence-electron chi connectivity index (χ1n) is 10.6. The van der Waals surface area contributed by atoms with E-state index in [-0.39, 0.29) is 5.97 Å². The van der Waals surface area contributed by atoms with Gasteiger partial charge in [-0.3, -0.25) is 4.79 Å². The molecule has 3 aromatic rings. The van der Waals surface area contributed by atoms with Crippen LogP contribution >= 0.6 is 11.8 Å². The molecule has 0 saturated heterocycles. The van der Waals surface area contributed by atoms with Crippen molar-refractivity contribution < 1.29 is 22.7 Å². The lowest BCUT2D eigenvalue weighted by Gasteiger charge is -2.16. The molecule has 0 radical (unpaired) electrons. The van der Waals surface area contributed by atoms with Gasteiger partial charge in [-0.25, -0.2) is 0 Å². The number of aryl methyl sites for hydroxylation is 2. The topological polar surface area (TPSA) is 62.2 Å². The summed E-state index contributed by atoms with van der Waals surface area (Å²) in [5.41, 5.74) is 4.25. The number of para-hydroxylation sites is 1. The first-order chi connectivity index (χ1) is 16.2. The Morgan fingerprint density at radius 2 is 1.82 bits per heavy atom. The Morgan fingerprint density at radius 1 is 1.09 bits per heavy atom. The number of rotatable bonds is 9. The van der Waals surface area contributed by atoms with Crippen molar-refractivity contribution in [2.45, 2.75) is 36.6 Å². The molecule has 0 atom stereocenters. The molecular formula is C26H25F3N2O2S. The number of esters is 1. The third kappa shape index (κ3) is 6.63. The summed E-state index contributed by atoms with van der Waals surface area (Å²) in [6.45, 7) is 2.00. The Bertz CT molecular complexity index is 1160. The van der Waals surface area contributed by atoms with E-state index in [1.54, 1.807) is 17.8 Å². The predicted octanol–water partition coefficient (Wildman–Crippen LogP) is 7.15. The number of benzene rings is 3. The largest absolute Gasteiger partial charge is 0.469 e. The Kier molecular flexibility index (Phi) is 8.39. The average Bonchev–Trinajstić information content (AvgIpc) is 2.82. The first kappa shape index (κ1) is 25.4. The van der Waals surface area contributed by atoms with Crippen molar-refractivity contribution in [2.75, 3.05) is 12.4 Å². The number of carbonyl (C=O) groups excluding carboxylic acids is 1. The normalized spacial score (nSPS) is 11.2. The van der Waals surface area contributed by atoms with Crippen molar-refractivity contribution in [3.05, 3.63) is 88.5 Å². The minimum Gasteiger partial charge on any atom is -0.469 e. The van der Waals surface area contributed by atoms with Crippen LogP contribution in [0.25, 0.3) is 0 Å². The Hall–Kier alpha value is -3.26. The standard InChI is InChI=1S/C26H25F3N2O2S/c1-17-14-23(12-6-18(17)7-13-24(32)33-2)34-16-20-5-3-4-19(15-30)25(20)31-22-10-8-21(9-11-22)26(27,28)29/h3-6,8-12,14-15,30-31H,7,13,16H2,1-2H3. The average molecular weight is 487 g/mol. The van der Waals surface area contributed by atoms with E-state index in [1.165, 1.54) is 25.5 Å². The summed E-state index contributed by atoms with van der Waals surface area (Å²) in [6.07, 6.45) is -2.22. The molecule has 3 rings (SSSR count). The second-order valence-corrected chi connectivity index (χ2v) is 8.73. The maximum Gasteiger partial charge on any atom is 0.416 e. The van der Waals surface area contributed by atoms with Crippen molar-refractivity contribution in [1.82, 2.24) is 0 Å². The zero-order valence-electron chi connectivity index (χ0n) is 18.8. The smallest absolute Gasteiger partial charge is 0.416 e. The summed E-state index contributed by atoms with van der Waals surface area (Å²) >= 11 is 1.62. The Morgan fingerprint density at radius 3 is 2.44 bits per heavy atom.